The van der Waals surface area contributed by atoms with Crippen molar-refractivity contribution >= 4 is 55.7 Å². The highest BCUT2D eigenvalue weighted by atomic mass is 35.5. The average Bonchev–Trinajstić information content (AvgIpc) is 3.45. The molecule has 10 heteroatoms. The highest BCUT2D eigenvalue weighted by Gasteiger charge is 2.48. The van der Waals surface area contributed by atoms with Crippen LogP contribution in [0.5, 0.6) is 17.2 Å². The van der Waals surface area contributed by atoms with Crippen molar-refractivity contribution in [2.75, 3.05) is 26.2 Å². The number of ether oxygens (including phenoxy) is 3. The lowest BCUT2D eigenvalue weighted by Crippen LogP contribution is -2.29. The number of methoxy groups -OCH3 is 3. The van der Waals surface area contributed by atoms with E-state index in [2.05, 4.69) is 4.98 Å². The summed E-state index contributed by atoms with van der Waals surface area (Å²) in [7, 11) is 4.42. The predicted molar refractivity (Wildman–Crippen MR) is 142 cm³/mol. The third-order valence-electron chi connectivity index (χ3n) is 6.04. The molecule has 0 aliphatic carbocycles. The molecule has 1 amide bonds. The first-order valence-electron chi connectivity index (χ1n) is 11.1. The van der Waals surface area contributed by atoms with E-state index >= 15 is 0 Å². The number of amides is 1. The second kappa shape index (κ2) is 9.76. The number of nitrogens with zero attached hydrogens (tertiary/aromatic N) is 2. The Balaban J connectivity index is 1.79. The molecule has 188 valence electrons. The number of aliphatic hydroxyl groups excluding tert-OH is 1. The quantitative estimate of drug-likeness (QED) is 0.194. The van der Waals surface area contributed by atoms with Crippen molar-refractivity contribution in [1.82, 2.24) is 4.98 Å². The number of aromatic nitrogens is 1. The van der Waals surface area contributed by atoms with Crippen LogP contribution in [-0.4, -0.2) is 43.1 Å². The molecule has 0 spiro atoms. The van der Waals surface area contributed by atoms with Gasteiger partial charge in [0, 0.05) is 10.6 Å². The van der Waals surface area contributed by atoms with Crippen LogP contribution in [0.4, 0.5) is 5.13 Å². The fourth-order valence-corrected chi connectivity index (χ4v) is 5.61. The van der Waals surface area contributed by atoms with Gasteiger partial charge < -0.3 is 19.3 Å². The maximum Gasteiger partial charge on any atom is 0.301 e. The minimum Gasteiger partial charge on any atom is -0.507 e. The number of ketones is 1. The van der Waals surface area contributed by atoms with E-state index in [4.69, 9.17) is 25.8 Å². The first-order chi connectivity index (χ1) is 17.9. The number of aliphatic hydroxyl groups is 1. The standard InChI is InChI=1S/C27H21ClN2O6S/c1-34-18-11-15(12-19(35-2)25(18)36-3)22-21(23(31)14-7-5-4-6-8-14)24(32)26(33)30(22)27-29-17-10-9-16(28)13-20(17)37-27/h4-13,22,31H,1-3H3/b23-21+. The Morgan fingerprint density at radius 1 is 0.973 bits per heavy atom. The SMILES string of the molecule is COc1cc(C2/C(=C(\O)c3ccccc3)C(=O)C(=O)N2c2nc3ccc(Cl)cc3s2)cc(OC)c1OC. The molecule has 0 saturated carbocycles. The van der Waals surface area contributed by atoms with Gasteiger partial charge in [-0.2, -0.15) is 0 Å². The van der Waals surface area contributed by atoms with Crippen LogP contribution in [0.15, 0.2) is 66.2 Å². The summed E-state index contributed by atoms with van der Waals surface area (Å²) in [4.78, 5) is 32.8. The Hall–Kier alpha value is -4.08. The van der Waals surface area contributed by atoms with Crippen molar-refractivity contribution in [3.8, 4) is 17.2 Å². The third kappa shape index (κ3) is 4.16. The molecule has 4 aromatic rings. The van der Waals surface area contributed by atoms with Crippen LogP contribution in [0.2, 0.25) is 5.02 Å². The monoisotopic (exact) mass is 536 g/mol. The molecule has 3 aromatic carbocycles. The van der Waals surface area contributed by atoms with Crippen LogP contribution in [-0.2, 0) is 9.59 Å². The van der Waals surface area contributed by atoms with Crippen molar-refractivity contribution < 1.29 is 28.9 Å². The molecule has 5 rings (SSSR count). The van der Waals surface area contributed by atoms with Crippen LogP contribution in [0.3, 0.4) is 0 Å². The van der Waals surface area contributed by atoms with E-state index in [-0.39, 0.29) is 16.5 Å². The summed E-state index contributed by atoms with van der Waals surface area (Å²) >= 11 is 7.37. The first kappa shape index (κ1) is 24.6. The van der Waals surface area contributed by atoms with Crippen molar-refractivity contribution in [3.05, 3.63) is 82.4 Å². The number of carbonyl (C=O) groups is 2. The lowest BCUT2D eigenvalue weighted by molar-refractivity contribution is -0.132. The lowest BCUT2D eigenvalue weighted by atomic mass is 9.95. The van der Waals surface area contributed by atoms with Crippen molar-refractivity contribution in [2.45, 2.75) is 6.04 Å². The maximum atomic E-state index is 13.5. The lowest BCUT2D eigenvalue weighted by Gasteiger charge is -2.24. The van der Waals surface area contributed by atoms with E-state index in [1.807, 2.05) is 0 Å². The molecule has 1 aliphatic heterocycles. The van der Waals surface area contributed by atoms with Crippen LogP contribution < -0.4 is 19.1 Å². The Morgan fingerprint density at radius 3 is 2.27 bits per heavy atom. The number of rotatable bonds is 6. The second-order valence-corrected chi connectivity index (χ2v) is 9.55. The summed E-state index contributed by atoms with van der Waals surface area (Å²) in [6, 6.07) is 16.0. The van der Waals surface area contributed by atoms with Gasteiger partial charge in [-0.25, -0.2) is 4.98 Å². The first-order valence-corrected chi connectivity index (χ1v) is 12.3. The Bertz CT molecular complexity index is 1540. The maximum absolute atomic E-state index is 13.5. The normalized spacial score (nSPS) is 16.9. The van der Waals surface area contributed by atoms with Gasteiger partial charge in [0.05, 0.1) is 43.2 Å². The van der Waals surface area contributed by atoms with Gasteiger partial charge in [0.25, 0.3) is 5.78 Å². The van der Waals surface area contributed by atoms with Crippen molar-refractivity contribution in [3.63, 3.8) is 0 Å². The molecule has 1 aromatic heterocycles. The van der Waals surface area contributed by atoms with Gasteiger partial charge in [-0.3, -0.25) is 14.5 Å². The summed E-state index contributed by atoms with van der Waals surface area (Å²) in [5.41, 5.74) is 1.40. The smallest absolute Gasteiger partial charge is 0.301 e. The summed E-state index contributed by atoms with van der Waals surface area (Å²) in [6.45, 7) is 0. The molecular weight excluding hydrogens is 516 g/mol. The summed E-state index contributed by atoms with van der Waals surface area (Å²) in [5, 5.41) is 12.1. The van der Waals surface area contributed by atoms with Gasteiger partial charge in [-0.05, 0) is 35.9 Å². The molecule has 1 aliphatic rings. The van der Waals surface area contributed by atoms with Crippen LogP contribution >= 0.6 is 22.9 Å². The zero-order valence-corrected chi connectivity index (χ0v) is 21.6. The van der Waals surface area contributed by atoms with Crippen LogP contribution in [0.1, 0.15) is 17.2 Å². The minimum absolute atomic E-state index is 0.0808. The second-order valence-electron chi connectivity index (χ2n) is 8.10. The number of thiazole rings is 1. The Kier molecular flexibility index (Phi) is 6.49. The minimum atomic E-state index is -1.02. The number of benzene rings is 3. The molecule has 37 heavy (non-hydrogen) atoms. The van der Waals surface area contributed by atoms with E-state index in [9.17, 15) is 14.7 Å². The molecule has 1 N–H and O–H groups in total. The molecule has 1 fully saturated rings. The summed E-state index contributed by atoms with van der Waals surface area (Å²) < 4.78 is 17.2. The fraction of sp³-hybridized carbons (Fsp3) is 0.148. The molecule has 0 bridgehead atoms. The van der Waals surface area contributed by atoms with E-state index < -0.39 is 17.7 Å². The Labute approximate surface area is 221 Å². The molecular formula is C27H21ClN2O6S. The Morgan fingerprint density at radius 2 is 1.65 bits per heavy atom. The van der Waals surface area contributed by atoms with Gasteiger partial charge in [0.2, 0.25) is 5.75 Å². The zero-order valence-electron chi connectivity index (χ0n) is 20.0. The van der Waals surface area contributed by atoms with Gasteiger partial charge in [-0.1, -0.05) is 53.3 Å². The molecule has 8 nitrogen and oxygen atoms in total. The number of Topliss-reactive ketones (excluding diaryl/α,β-unsaturated/α-hetero) is 1. The van der Waals surface area contributed by atoms with Gasteiger partial charge >= 0.3 is 5.91 Å². The zero-order chi connectivity index (χ0) is 26.3. The number of halogens is 1. The summed E-state index contributed by atoms with van der Waals surface area (Å²) in [5.74, 6) is -0.942. The predicted octanol–water partition coefficient (Wildman–Crippen LogP) is 5.60. The highest BCUT2D eigenvalue weighted by molar-refractivity contribution is 7.22. The fourth-order valence-electron chi connectivity index (χ4n) is 4.35. The van der Waals surface area contributed by atoms with Crippen LogP contribution in [0, 0.1) is 0 Å². The highest BCUT2D eigenvalue weighted by Crippen LogP contribution is 2.48. The molecule has 1 unspecified atom stereocenters. The molecule has 1 saturated heterocycles. The van der Waals surface area contributed by atoms with Crippen molar-refractivity contribution in [2.24, 2.45) is 0 Å². The van der Waals surface area contributed by atoms with Crippen LogP contribution in [0.25, 0.3) is 16.0 Å². The largest absolute Gasteiger partial charge is 0.507 e. The van der Waals surface area contributed by atoms with E-state index in [1.54, 1.807) is 60.7 Å². The van der Waals surface area contributed by atoms with E-state index in [0.717, 1.165) is 4.70 Å². The van der Waals surface area contributed by atoms with Gasteiger partial charge in [0.1, 0.15) is 5.76 Å². The number of hydrogen-bond acceptors (Lipinski definition) is 8. The number of anilines is 1. The molecule has 0 radical (unpaired) electrons. The third-order valence-corrected chi connectivity index (χ3v) is 7.29. The van der Waals surface area contributed by atoms with Crippen molar-refractivity contribution in [1.29, 1.82) is 0 Å². The average molecular weight is 537 g/mol. The molecule has 2 heterocycles. The number of hydrogen-bond donors (Lipinski definition) is 1. The molecule has 1 atom stereocenters. The number of carbonyl (C=O) groups excluding carboxylic acids is 2. The topological polar surface area (TPSA) is 98.2 Å². The number of fused-ring (bicyclic) bond motifs is 1. The van der Waals surface area contributed by atoms with E-state index in [0.29, 0.717) is 38.9 Å². The summed E-state index contributed by atoms with van der Waals surface area (Å²) in [6.07, 6.45) is 0. The van der Waals surface area contributed by atoms with Gasteiger partial charge in [-0.15, -0.1) is 0 Å². The van der Waals surface area contributed by atoms with Gasteiger partial charge in [0.15, 0.2) is 16.6 Å². The van der Waals surface area contributed by atoms with E-state index in [1.165, 1.54) is 37.6 Å².